The fraction of sp³-hybridized carbons (Fsp3) is 0.562. The van der Waals surface area contributed by atoms with Crippen molar-refractivity contribution in [1.29, 1.82) is 0 Å². The average Bonchev–Trinajstić information content (AvgIpc) is 3.07. The first-order valence-corrected chi connectivity index (χ1v) is 8.94. The summed E-state index contributed by atoms with van der Waals surface area (Å²) < 4.78 is 0. The van der Waals surface area contributed by atoms with Gasteiger partial charge in [0.25, 0.3) is 5.91 Å². The van der Waals surface area contributed by atoms with Gasteiger partial charge in [-0.3, -0.25) is 14.9 Å². The van der Waals surface area contributed by atoms with Crippen molar-refractivity contribution in [2.75, 3.05) is 5.32 Å². The Morgan fingerprint density at radius 2 is 1.78 bits per heavy atom. The molecule has 0 unspecified atom stereocenters. The minimum Gasteiger partial charge on any atom is -0.351 e. The van der Waals surface area contributed by atoms with Crippen LogP contribution in [-0.4, -0.2) is 17.8 Å². The van der Waals surface area contributed by atoms with Crippen molar-refractivity contribution in [2.45, 2.75) is 51.4 Å². The van der Waals surface area contributed by atoms with Gasteiger partial charge in [-0.15, -0.1) is 11.3 Å². The van der Waals surface area contributed by atoms with Gasteiger partial charge in [0.2, 0.25) is 5.91 Å². The summed E-state index contributed by atoms with van der Waals surface area (Å²) in [6.07, 6.45) is 7.85. The largest absolute Gasteiger partial charge is 0.351 e. The molecule has 3 rings (SSSR count). The number of amides is 4. The lowest BCUT2D eigenvalue weighted by Gasteiger charge is -2.20. The zero-order chi connectivity index (χ0) is 16.4. The highest BCUT2D eigenvalue weighted by Gasteiger charge is 2.29. The van der Waals surface area contributed by atoms with Crippen LogP contribution < -0.4 is 16.4 Å². The maximum Gasteiger partial charge on any atom is 0.319 e. The van der Waals surface area contributed by atoms with Crippen molar-refractivity contribution < 1.29 is 14.4 Å². The molecule has 4 N–H and O–H groups in total. The van der Waals surface area contributed by atoms with Crippen molar-refractivity contribution in [3.05, 3.63) is 16.0 Å². The second-order valence-electron chi connectivity index (χ2n) is 6.20. The van der Waals surface area contributed by atoms with Crippen molar-refractivity contribution in [1.82, 2.24) is 5.32 Å². The number of thiophene rings is 1. The molecule has 0 aliphatic heterocycles. The lowest BCUT2D eigenvalue weighted by atomic mass is 9.89. The Morgan fingerprint density at radius 3 is 2.48 bits per heavy atom. The summed E-state index contributed by atoms with van der Waals surface area (Å²) in [6, 6.07) is -0.877. The Morgan fingerprint density at radius 1 is 1.04 bits per heavy atom. The molecular formula is C16H21N3O3S. The van der Waals surface area contributed by atoms with E-state index in [0.717, 1.165) is 55.4 Å². The van der Waals surface area contributed by atoms with Crippen molar-refractivity contribution in [3.8, 4) is 0 Å². The first kappa shape index (κ1) is 16.0. The molecule has 0 bridgehead atoms. The smallest absolute Gasteiger partial charge is 0.319 e. The van der Waals surface area contributed by atoms with Crippen LogP contribution in [0.25, 0.3) is 0 Å². The highest BCUT2D eigenvalue weighted by atomic mass is 32.1. The normalized spacial score (nSPS) is 17.6. The Labute approximate surface area is 138 Å². The van der Waals surface area contributed by atoms with Gasteiger partial charge < -0.3 is 11.1 Å². The van der Waals surface area contributed by atoms with Crippen LogP contribution in [0.3, 0.4) is 0 Å². The molecular weight excluding hydrogens is 314 g/mol. The maximum atomic E-state index is 12.5. The van der Waals surface area contributed by atoms with Gasteiger partial charge in [-0.25, -0.2) is 4.79 Å². The number of anilines is 1. The maximum absolute atomic E-state index is 12.5. The third-order valence-electron chi connectivity index (χ3n) is 4.60. The van der Waals surface area contributed by atoms with Crippen LogP contribution in [0.15, 0.2) is 0 Å². The molecule has 1 aromatic heterocycles. The highest BCUT2D eigenvalue weighted by molar-refractivity contribution is 7.17. The van der Waals surface area contributed by atoms with E-state index in [2.05, 4.69) is 10.6 Å². The molecule has 2 aliphatic rings. The van der Waals surface area contributed by atoms with Gasteiger partial charge in [0.1, 0.15) is 5.00 Å². The number of rotatable bonds is 3. The zero-order valence-electron chi connectivity index (χ0n) is 12.9. The fourth-order valence-electron chi connectivity index (χ4n) is 3.49. The molecule has 1 heterocycles. The van der Waals surface area contributed by atoms with E-state index in [1.165, 1.54) is 17.8 Å². The predicted octanol–water partition coefficient (Wildman–Crippen LogP) is 2.56. The summed E-state index contributed by atoms with van der Waals surface area (Å²) in [5.74, 6) is -0.513. The Kier molecular flexibility index (Phi) is 4.66. The van der Waals surface area contributed by atoms with Crippen LogP contribution >= 0.6 is 11.3 Å². The van der Waals surface area contributed by atoms with Gasteiger partial charge in [-0.2, -0.15) is 0 Å². The van der Waals surface area contributed by atoms with Gasteiger partial charge >= 0.3 is 6.03 Å². The number of nitrogens with one attached hydrogen (secondary N) is 2. The van der Waals surface area contributed by atoms with Crippen molar-refractivity contribution in [2.24, 2.45) is 11.7 Å². The average molecular weight is 335 g/mol. The minimum absolute atomic E-state index is 0.0160. The lowest BCUT2D eigenvalue weighted by Crippen LogP contribution is -2.36. The van der Waals surface area contributed by atoms with E-state index in [1.54, 1.807) is 0 Å². The summed E-state index contributed by atoms with van der Waals surface area (Å²) in [6.45, 7) is 0. The molecule has 6 nitrogen and oxygen atoms in total. The van der Waals surface area contributed by atoms with Gasteiger partial charge in [0.15, 0.2) is 0 Å². The summed E-state index contributed by atoms with van der Waals surface area (Å²) in [7, 11) is 0. The fourth-order valence-corrected chi connectivity index (χ4v) is 4.78. The number of hydrogen-bond acceptors (Lipinski definition) is 4. The van der Waals surface area contributed by atoms with Crippen LogP contribution in [0.5, 0.6) is 0 Å². The third-order valence-corrected chi connectivity index (χ3v) is 5.81. The van der Waals surface area contributed by atoms with E-state index in [4.69, 9.17) is 5.73 Å². The number of aryl methyl sites for hydroxylation is 1. The summed E-state index contributed by atoms with van der Waals surface area (Å²) in [5.41, 5.74) is 6.43. The Balaban J connectivity index is 1.82. The number of imide groups is 1. The first-order chi connectivity index (χ1) is 11.1. The molecule has 2 aliphatic carbocycles. The van der Waals surface area contributed by atoms with E-state index < -0.39 is 11.9 Å². The molecule has 124 valence electrons. The van der Waals surface area contributed by atoms with Gasteiger partial charge in [-0.05, 0) is 37.7 Å². The Hall–Kier alpha value is -1.89. The van der Waals surface area contributed by atoms with E-state index in [0.29, 0.717) is 10.6 Å². The molecule has 7 heteroatoms. The second-order valence-corrected chi connectivity index (χ2v) is 7.31. The Bertz CT molecular complexity index is 647. The molecule has 23 heavy (non-hydrogen) atoms. The van der Waals surface area contributed by atoms with E-state index in [9.17, 15) is 14.4 Å². The number of carbonyl (C=O) groups is 3. The van der Waals surface area contributed by atoms with E-state index >= 15 is 0 Å². The molecule has 0 atom stereocenters. The zero-order valence-corrected chi connectivity index (χ0v) is 13.8. The van der Waals surface area contributed by atoms with Gasteiger partial charge in [-0.1, -0.05) is 19.3 Å². The highest BCUT2D eigenvalue weighted by Crippen LogP contribution is 2.39. The standard InChI is InChI=1S/C16H21N3O3S/c17-16(22)19-14(21)12-10-7-4-8-11(10)23-15(12)18-13(20)9-5-2-1-3-6-9/h9H,1-8H2,(H,18,20)(H3,17,19,21,22). The second kappa shape index (κ2) is 6.70. The lowest BCUT2D eigenvalue weighted by molar-refractivity contribution is -0.120. The molecule has 0 aromatic carbocycles. The number of fused-ring (bicyclic) bond motifs is 1. The number of urea groups is 1. The third kappa shape index (κ3) is 3.39. The van der Waals surface area contributed by atoms with Crippen LogP contribution in [0, 0.1) is 5.92 Å². The number of primary amides is 1. The van der Waals surface area contributed by atoms with Gasteiger partial charge in [0.05, 0.1) is 5.56 Å². The van der Waals surface area contributed by atoms with E-state index in [1.807, 2.05) is 0 Å². The minimum atomic E-state index is -0.877. The first-order valence-electron chi connectivity index (χ1n) is 8.12. The molecule has 1 aromatic rings. The van der Waals surface area contributed by atoms with E-state index in [-0.39, 0.29) is 11.8 Å². The van der Waals surface area contributed by atoms with Crippen molar-refractivity contribution >= 4 is 34.2 Å². The summed E-state index contributed by atoms with van der Waals surface area (Å²) in [4.78, 5) is 36.9. The van der Waals surface area contributed by atoms with Crippen LogP contribution in [-0.2, 0) is 17.6 Å². The van der Waals surface area contributed by atoms with Crippen LogP contribution in [0.1, 0.15) is 59.3 Å². The monoisotopic (exact) mass is 335 g/mol. The summed E-state index contributed by atoms with van der Waals surface area (Å²) in [5, 5.41) is 5.61. The number of carbonyl (C=O) groups excluding carboxylic acids is 3. The molecule has 4 amide bonds. The van der Waals surface area contributed by atoms with Crippen LogP contribution in [0.4, 0.5) is 9.80 Å². The quantitative estimate of drug-likeness (QED) is 0.791. The molecule has 1 fully saturated rings. The predicted molar refractivity (Wildman–Crippen MR) is 88.6 cm³/mol. The SMILES string of the molecule is NC(=O)NC(=O)c1c(NC(=O)C2CCCCC2)sc2c1CCC2. The van der Waals surface area contributed by atoms with Gasteiger partial charge in [0, 0.05) is 10.8 Å². The topological polar surface area (TPSA) is 101 Å². The molecule has 0 spiro atoms. The molecule has 1 saturated carbocycles. The molecule has 0 radical (unpaired) electrons. The number of hydrogen-bond donors (Lipinski definition) is 3. The summed E-state index contributed by atoms with van der Waals surface area (Å²) >= 11 is 1.45. The van der Waals surface area contributed by atoms with Crippen LogP contribution in [0.2, 0.25) is 0 Å². The number of nitrogens with two attached hydrogens (primary N) is 1. The molecule has 0 saturated heterocycles. The van der Waals surface area contributed by atoms with Crippen molar-refractivity contribution in [3.63, 3.8) is 0 Å².